The summed E-state index contributed by atoms with van der Waals surface area (Å²) in [4.78, 5) is 2.55. The van der Waals surface area contributed by atoms with E-state index in [0.717, 1.165) is 19.5 Å². The maximum atomic E-state index is 12.8. The molecule has 2 rings (SSSR count). The first-order valence-electron chi connectivity index (χ1n) is 7.41. The summed E-state index contributed by atoms with van der Waals surface area (Å²) in [6.45, 7) is 7.79. The minimum Gasteiger partial charge on any atom is -0.314 e. The molecule has 1 aliphatic rings. The SMILES string of the molecule is CCNC1CCN(CCc2ccc(F)cc2)C(C)C1. The van der Waals surface area contributed by atoms with Gasteiger partial charge in [0.25, 0.3) is 0 Å². The zero-order chi connectivity index (χ0) is 13.7. The van der Waals surface area contributed by atoms with Crippen LogP contribution in [0.15, 0.2) is 24.3 Å². The predicted molar refractivity (Wildman–Crippen MR) is 77.8 cm³/mol. The van der Waals surface area contributed by atoms with Gasteiger partial charge in [-0.3, -0.25) is 0 Å². The third-order valence-corrected chi connectivity index (χ3v) is 4.11. The fourth-order valence-corrected chi connectivity index (χ4v) is 2.95. The molecule has 1 aromatic carbocycles. The van der Waals surface area contributed by atoms with Crippen LogP contribution in [-0.4, -0.2) is 36.6 Å². The molecule has 1 heterocycles. The molecule has 2 unspecified atom stereocenters. The van der Waals surface area contributed by atoms with Crippen LogP contribution in [0.3, 0.4) is 0 Å². The Kier molecular flexibility index (Phi) is 5.34. The molecular formula is C16H25FN2. The molecule has 3 heteroatoms. The maximum Gasteiger partial charge on any atom is 0.123 e. The summed E-state index contributed by atoms with van der Waals surface area (Å²) < 4.78 is 12.8. The number of benzene rings is 1. The summed E-state index contributed by atoms with van der Waals surface area (Å²) in [5, 5.41) is 3.55. The number of halogens is 1. The van der Waals surface area contributed by atoms with Crippen molar-refractivity contribution in [2.24, 2.45) is 0 Å². The zero-order valence-corrected chi connectivity index (χ0v) is 12.0. The van der Waals surface area contributed by atoms with Crippen LogP contribution in [0.4, 0.5) is 4.39 Å². The van der Waals surface area contributed by atoms with Crippen LogP contribution < -0.4 is 5.32 Å². The molecule has 0 aromatic heterocycles. The largest absolute Gasteiger partial charge is 0.314 e. The highest BCUT2D eigenvalue weighted by Gasteiger charge is 2.24. The van der Waals surface area contributed by atoms with Crippen molar-refractivity contribution < 1.29 is 4.39 Å². The molecule has 0 aliphatic carbocycles. The quantitative estimate of drug-likeness (QED) is 0.880. The van der Waals surface area contributed by atoms with Crippen LogP contribution in [0.25, 0.3) is 0 Å². The van der Waals surface area contributed by atoms with E-state index < -0.39 is 0 Å². The van der Waals surface area contributed by atoms with E-state index in [-0.39, 0.29) is 5.82 Å². The number of nitrogens with zero attached hydrogens (tertiary/aromatic N) is 1. The van der Waals surface area contributed by atoms with Gasteiger partial charge >= 0.3 is 0 Å². The van der Waals surface area contributed by atoms with Gasteiger partial charge in [-0.15, -0.1) is 0 Å². The van der Waals surface area contributed by atoms with Crippen molar-refractivity contribution in [3.05, 3.63) is 35.6 Å². The number of likely N-dealkylation sites (tertiary alicyclic amines) is 1. The topological polar surface area (TPSA) is 15.3 Å². The number of nitrogens with one attached hydrogen (secondary N) is 1. The van der Waals surface area contributed by atoms with Crippen LogP contribution in [0.1, 0.15) is 32.3 Å². The van der Waals surface area contributed by atoms with Gasteiger partial charge in [-0.2, -0.15) is 0 Å². The molecule has 0 amide bonds. The smallest absolute Gasteiger partial charge is 0.123 e. The van der Waals surface area contributed by atoms with Gasteiger partial charge in [0.05, 0.1) is 0 Å². The van der Waals surface area contributed by atoms with E-state index in [1.807, 2.05) is 12.1 Å². The molecular weight excluding hydrogens is 239 g/mol. The van der Waals surface area contributed by atoms with Gasteiger partial charge in [-0.1, -0.05) is 19.1 Å². The van der Waals surface area contributed by atoms with Gasteiger partial charge in [0.2, 0.25) is 0 Å². The molecule has 1 fully saturated rings. The Balaban J connectivity index is 1.79. The molecule has 19 heavy (non-hydrogen) atoms. The van der Waals surface area contributed by atoms with Gasteiger partial charge in [0.1, 0.15) is 5.82 Å². The molecule has 1 aromatic rings. The molecule has 0 radical (unpaired) electrons. The average molecular weight is 264 g/mol. The normalized spacial score (nSPS) is 24.6. The Bertz CT molecular complexity index is 377. The van der Waals surface area contributed by atoms with E-state index in [9.17, 15) is 4.39 Å². The first-order valence-corrected chi connectivity index (χ1v) is 7.41. The van der Waals surface area contributed by atoms with Crippen LogP contribution in [0, 0.1) is 5.82 Å². The Labute approximate surface area is 116 Å². The van der Waals surface area contributed by atoms with Crippen molar-refractivity contribution in [2.45, 2.75) is 45.2 Å². The lowest BCUT2D eigenvalue weighted by Crippen LogP contribution is -2.47. The van der Waals surface area contributed by atoms with Gasteiger partial charge in [-0.05, 0) is 57.0 Å². The molecule has 1 aliphatic heterocycles. The number of rotatable bonds is 5. The van der Waals surface area contributed by atoms with E-state index in [2.05, 4.69) is 24.1 Å². The van der Waals surface area contributed by atoms with Gasteiger partial charge in [-0.25, -0.2) is 4.39 Å². The van der Waals surface area contributed by atoms with Crippen LogP contribution in [0.5, 0.6) is 0 Å². The number of hydrogen-bond acceptors (Lipinski definition) is 2. The van der Waals surface area contributed by atoms with E-state index in [0.29, 0.717) is 12.1 Å². The Morgan fingerprint density at radius 3 is 2.68 bits per heavy atom. The van der Waals surface area contributed by atoms with Gasteiger partial charge < -0.3 is 10.2 Å². The minimum absolute atomic E-state index is 0.149. The Morgan fingerprint density at radius 2 is 2.05 bits per heavy atom. The summed E-state index contributed by atoms with van der Waals surface area (Å²) in [6, 6.07) is 8.21. The molecule has 1 saturated heterocycles. The van der Waals surface area contributed by atoms with E-state index >= 15 is 0 Å². The third kappa shape index (κ3) is 4.29. The first-order chi connectivity index (χ1) is 9.19. The molecule has 2 nitrogen and oxygen atoms in total. The predicted octanol–water partition coefficient (Wildman–Crippen LogP) is 2.83. The zero-order valence-electron chi connectivity index (χ0n) is 12.0. The number of hydrogen-bond donors (Lipinski definition) is 1. The summed E-state index contributed by atoms with van der Waals surface area (Å²) >= 11 is 0. The summed E-state index contributed by atoms with van der Waals surface area (Å²) in [7, 11) is 0. The van der Waals surface area contributed by atoms with Crippen molar-refractivity contribution in [3.63, 3.8) is 0 Å². The summed E-state index contributed by atoms with van der Waals surface area (Å²) in [6.07, 6.45) is 3.48. The van der Waals surface area contributed by atoms with Crippen LogP contribution in [0.2, 0.25) is 0 Å². The van der Waals surface area contributed by atoms with Gasteiger partial charge in [0, 0.05) is 18.6 Å². The van der Waals surface area contributed by atoms with Crippen molar-refractivity contribution in [1.29, 1.82) is 0 Å². The molecule has 0 bridgehead atoms. The molecule has 0 saturated carbocycles. The Hall–Kier alpha value is -0.930. The first kappa shape index (κ1) is 14.5. The van der Waals surface area contributed by atoms with Crippen LogP contribution in [-0.2, 0) is 6.42 Å². The van der Waals surface area contributed by atoms with Gasteiger partial charge in [0.15, 0.2) is 0 Å². The average Bonchev–Trinajstić information content (AvgIpc) is 2.40. The molecule has 0 spiro atoms. The van der Waals surface area contributed by atoms with Crippen molar-refractivity contribution >= 4 is 0 Å². The van der Waals surface area contributed by atoms with Crippen molar-refractivity contribution in [1.82, 2.24) is 10.2 Å². The second-order valence-corrected chi connectivity index (χ2v) is 5.54. The second-order valence-electron chi connectivity index (χ2n) is 5.54. The highest BCUT2D eigenvalue weighted by atomic mass is 19.1. The summed E-state index contributed by atoms with van der Waals surface area (Å²) in [5.74, 6) is -0.149. The third-order valence-electron chi connectivity index (χ3n) is 4.11. The lowest BCUT2D eigenvalue weighted by Gasteiger charge is -2.38. The fourth-order valence-electron chi connectivity index (χ4n) is 2.95. The fraction of sp³-hybridized carbons (Fsp3) is 0.625. The second kappa shape index (κ2) is 7.01. The monoisotopic (exact) mass is 264 g/mol. The summed E-state index contributed by atoms with van der Waals surface area (Å²) in [5.41, 5.74) is 1.22. The molecule has 2 atom stereocenters. The van der Waals surface area contributed by atoms with E-state index in [4.69, 9.17) is 0 Å². The van der Waals surface area contributed by atoms with E-state index in [1.165, 1.54) is 24.9 Å². The lowest BCUT2D eigenvalue weighted by molar-refractivity contribution is 0.138. The lowest BCUT2D eigenvalue weighted by atomic mass is 9.97. The standard InChI is InChI=1S/C16H25FN2/c1-3-18-16-9-11-19(13(2)12-16)10-8-14-4-6-15(17)7-5-14/h4-7,13,16,18H,3,8-12H2,1-2H3. The molecule has 1 N–H and O–H groups in total. The molecule has 106 valence electrons. The van der Waals surface area contributed by atoms with E-state index in [1.54, 1.807) is 12.1 Å². The van der Waals surface area contributed by atoms with Crippen LogP contribution >= 0.6 is 0 Å². The van der Waals surface area contributed by atoms with Crippen molar-refractivity contribution in [2.75, 3.05) is 19.6 Å². The Morgan fingerprint density at radius 1 is 1.32 bits per heavy atom. The minimum atomic E-state index is -0.149. The number of piperidine rings is 1. The highest BCUT2D eigenvalue weighted by molar-refractivity contribution is 5.16. The highest BCUT2D eigenvalue weighted by Crippen LogP contribution is 2.17. The van der Waals surface area contributed by atoms with Crippen molar-refractivity contribution in [3.8, 4) is 0 Å². The maximum absolute atomic E-state index is 12.8.